The Bertz CT molecular complexity index is 900. The van der Waals surface area contributed by atoms with E-state index < -0.39 is 0 Å². The van der Waals surface area contributed by atoms with Gasteiger partial charge in [0, 0.05) is 35.7 Å². The molecule has 1 spiro atoms. The summed E-state index contributed by atoms with van der Waals surface area (Å²) in [4.78, 5) is 28.2. The number of carbonyl (C=O) groups excluding carboxylic acids is 2. The lowest BCUT2D eigenvalue weighted by molar-refractivity contribution is -0.127. The fraction of sp³-hybridized carbons (Fsp3) is 0.333. The first-order chi connectivity index (χ1) is 14.1. The number of hydrogen-bond donors (Lipinski definition) is 1. The minimum absolute atomic E-state index is 0.0549. The van der Waals surface area contributed by atoms with Crippen LogP contribution < -0.4 is 5.32 Å². The summed E-state index contributed by atoms with van der Waals surface area (Å²) in [5.74, 6) is 0.240. The van der Waals surface area contributed by atoms with Crippen LogP contribution in [0.4, 0.5) is 5.69 Å². The second-order valence-electron chi connectivity index (χ2n) is 7.91. The molecule has 29 heavy (non-hydrogen) atoms. The van der Waals surface area contributed by atoms with E-state index in [4.69, 9.17) is 0 Å². The Labute approximate surface area is 176 Å². The first kappa shape index (κ1) is 19.8. The molecule has 1 heterocycles. The van der Waals surface area contributed by atoms with Gasteiger partial charge in [-0.05, 0) is 66.8 Å². The predicted molar refractivity (Wildman–Crippen MR) is 119 cm³/mol. The van der Waals surface area contributed by atoms with E-state index in [0.717, 1.165) is 43.6 Å². The van der Waals surface area contributed by atoms with Gasteiger partial charge in [0.1, 0.15) is 0 Å². The zero-order valence-corrected chi connectivity index (χ0v) is 17.5. The molecule has 1 saturated carbocycles. The maximum absolute atomic E-state index is 12.7. The van der Waals surface area contributed by atoms with E-state index in [1.807, 2.05) is 71.8 Å². The highest BCUT2D eigenvalue weighted by atomic mass is 32.2. The maximum Gasteiger partial charge on any atom is 0.246 e. The minimum atomic E-state index is 0.0549. The molecule has 4 nitrogen and oxygen atoms in total. The van der Waals surface area contributed by atoms with Crippen LogP contribution >= 0.6 is 11.8 Å². The van der Waals surface area contributed by atoms with Crippen molar-refractivity contribution in [3.63, 3.8) is 0 Å². The normalized spacial score (nSPS) is 20.0. The van der Waals surface area contributed by atoms with Gasteiger partial charge in [0.25, 0.3) is 0 Å². The second kappa shape index (κ2) is 8.46. The smallest absolute Gasteiger partial charge is 0.246 e. The predicted octanol–water partition coefficient (Wildman–Crippen LogP) is 4.69. The molecule has 2 aliphatic rings. The Balaban J connectivity index is 1.27. The molecule has 1 atom stereocenters. The molecule has 1 aliphatic heterocycles. The summed E-state index contributed by atoms with van der Waals surface area (Å²) in [6.07, 6.45) is 8.30. The summed E-state index contributed by atoms with van der Waals surface area (Å²) in [7, 11) is 0. The number of anilines is 1. The number of rotatable bonds is 5. The molecule has 0 radical (unpaired) electrons. The summed E-state index contributed by atoms with van der Waals surface area (Å²) >= 11 is 1.69. The highest BCUT2D eigenvalue weighted by Crippen LogP contribution is 2.59. The minimum Gasteiger partial charge on any atom is -0.339 e. The first-order valence-electron chi connectivity index (χ1n) is 10.1. The van der Waals surface area contributed by atoms with Crippen molar-refractivity contribution in [2.45, 2.75) is 24.2 Å². The molecular weight excluding hydrogens is 380 g/mol. The summed E-state index contributed by atoms with van der Waals surface area (Å²) in [5, 5.41) is 3.06. The van der Waals surface area contributed by atoms with Gasteiger partial charge in [-0.15, -0.1) is 11.8 Å². The summed E-state index contributed by atoms with van der Waals surface area (Å²) < 4.78 is 0. The third kappa shape index (κ3) is 4.56. The fourth-order valence-corrected chi connectivity index (χ4v) is 4.59. The molecule has 2 amide bonds. The number of carbonyl (C=O) groups is 2. The quantitative estimate of drug-likeness (QED) is 0.579. The van der Waals surface area contributed by atoms with Gasteiger partial charge in [0.05, 0.1) is 0 Å². The van der Waals surface area contributed by atoms with E-state index in [2.05, 4.69) is 5.32 Å². The van der Waals surface area contributed by atoms with Crippen LogP contribution in [0.1, 0.15) is 24.8 Å². The summed E-state index contributed by atoms with van der Waals surface area (Å²) in [6, 6.07) is 17.8. The average molecular weight is 407 g/mol. The summed E-state index contributed by atoms with van der Waals surface area (Å²) in [5.41, 5.74) is 1.97. The van der Waals surface area contributed by atoms with E-state index in [-0.39, 0.29) is 23.1 Å². The number of benzene rings is 2. The molecule has 2 aromatic carbocycles. The van der Waals surface area contributed by atoms with Crippen molar-refractivity contribution in [2.24, 2.45) is 11.3 Å². The van der Waals surface area contributed by atoms with Crippen molar-refractivity contribution >= 4 is 35.3 Å². The van der Waals surface area contributed by atoms with Gasteiger partial charge in [-0.1, -0.05) is 30.3 Å². The molecule has 150 valence electrons. The van der Waals surface area contributed by atoms with Gasteiger partial charge in [-0.3, -0.25) is 9.59 Å². The van der Waals surface area contributed by atoms with Crippen LogP contribution in [0.25, 0.3) is 6.08 Å². The number of amides is 2. The average Bonchev–Trinajstić information content (AvgIpc) is 3.47. The second-order valence-corrected chi connectivity index (χ2v) is 8.79. The van der Waals surface area contributed by atoms with E-state index in [1.54, 1.807) is 17.8 Å². The van der Waals surface area contributed by atoms with Crippen LogP contribution in [0.2, 0.25) is 0 Å². The monoisotopic (exact) mass is 406 g/mol. The van der Waals surface area contributed by atoms with Crippen molar-refractivity contribution in [2.75, 3.05) is 24.7 Å². The molecule has 4 rings (SSSR count). The highest BCUT2D eigenvalue weighted by molar-refractivity contribution is 7.98. The Morgan fingerprint density at radius 3 is 2.41 bits per heavy atom. The topological polar surface area (TPSA) is 49.4 Å². The van der Waals surface area contributed by atoms with Crippen LogP contribution in [0.5, 0.6) is 0 Å². The van der Waals surface area contributed by atoms with Gasteiger partial charge in [0.15, 0.2) is 0 Å². The van der Waals surface area contributed by atoms with E-state index in [9.17, 15) is 9.59 Å². The van der Waals surface area contributed by atoms with Crippen molar-refractivity contribution < 1.29 is 9.59 Å². The molecular formula is C24H26N2O2S. The lowest BCUT2D eigenvalue weighted by atomic mass is 9.90. The van der Waals surface area contributed by atoms with Gasteiger partial charge < -0.3 is 10.2 Å². The lowest BCUT2D eigenvalue weighted by Crippen LogP contribution is -2.39. The Morgan fingerprint density at radius 2 is 1.76 bits per heavy atom. The molecule has 5 heteroatoms. The molecule has 1 aliphatic carbocycles. The molecule has 1 N–H and O–H groups in total. The number of nitrogens with zero attached hydrogens (tertiary/aromatic N) is 1. The van der Waals surface area contributed by atoms with Crippen LogP contribution in [0.3, 0.4) is 0 Å². The van der Waals surface area contributed by atoms with Gasteiger partial charge in [-0.25, -0.2) is 0 Å². The van der Waals surface area contributed by atoms with Crippen LogP contribution in [-0.4, -0.2) is 36.1 Å². The van der Waals surface area contributed by atoms with Crippen molar-refractivity contribution in [1.29, 1.82) is 0 Å². The number of likely N-dealkylation sites (tertiary alicyclic amines) is 1. The van der Waals surface area contributed by atoms with E-state index in [0.29, 0.717) is 0 Å². The molecule has 1 unspecified atom stereocenters. The van der Waals surface area contributed by atoms with Gasteiger partial charge in [-0.2, -0.15) is 0 Å². The zero-order chi connectivity index (χ0) is 20.3. The number of thioether (sulfide) groups is 1. The van der Waals surface area contributed by atoms with E-state index in [1.165, 1.54) is 4.90 Å². The van der Waals surface area contributed by atoms with Crippen LogP contribution in [0, 0.1) is 11.3 Å². The highest BCUT2D eigenvalue weighted by Gasteiger charge is 2.58. The largest absolute Gasteiger partial charge is 0.339 e. The van der Waals surface area contributed by atoms with E-state index >= 15 is 0 Å². The number of piperidine rings is 1. The van der Waals surface area contributed by atoms with Crippen molar-refractivity contribution in [3.8, 4) is 0 Å². The summed E-state index contributed by atoms with van der Waals surface area (Å²) in [6.45, 7) is 1.45. The molecule has 2 aromatic rings. The number of hydrogen-bond acceptors (Lipinski definition) is 3. The Morgan fingerprint density at radius 1 is 1.07 bits per heavy atom. The van der Waals surface area contributed by atoms with Crippen molar-refractivity contribution in [3.05, 3.63) is 66.2 Å². The Kier molecular flexibility index (Phi) is 5.76. The molecule has 2 fully saturated rings. The maximum atomic E-state index is 12.7. The molecule has 0 bridgehead atoms. The Hall–Kier alpha value is -2.53. The zero-order valence-electron chi connectivity index (χ0n) is 16.6. The van der Waals surface area contributed by atoms with Crippen LogP contribution in [-0.2, 0) is 9.59 Å². The third-order valence-corrected chi connectivity index (χ3v) is 6.90. The SMILES string of the molecule is CSc1ccc(NC(=O)C2CC23CCN(C(=O)C=Cc2ccccc2)CC3)cc1. The molecule has 0 aromatic heterocycles. The van der Waals surface area contributed by atoms with Gasteiger partial charge >= 0.3 is 0 Å². The lowest BCUT2D eigenvalue weighted by Gasteiger charge is -2.32. The van der Waals surface area contributed by atoms with Gasteiger partial charge in [0.2, 0.25) is 11.8 Å². The van der Waals surface area contributed by atoms with Crippen LogP contribution in [0.15, 0.2) is 65.6 Å². The van der Waals surface area contributed by atoms with Crippen molar-refractivity contribution in [1.82, 2.24) is 4.90 Å². The molecule has 1 saturated heterocycles. The first-order valence-corrected chi connectivity index (χ1v) is 11.3. The third-order valence-electron chi connectivity index (χ3n) is 6.15. The standard InChI is InChI=1S/C24H26N2O2S/c1-29-20-10-8-19(9-11-20)25-23(28)21-17-24(21)13-15-26(16-14-24)22(27)12-7-18-5-3-2-4-6-18/h2-12,21H,13-17H2,1H3,(H,25,28). The number of nitrogens with one attached hydrogen (secondary N) is 1. The fourth-order valence-electron chi connectivity index (χ4n) is 4.18.